The quantitative estimate of drug-likeness (QED) is 0.630. The van der Waals surface area contributed by atoms with Crippen molar-refractivity contribution in [3.63, 3.8) is 0 Å². The molecule has 0 aliphatic rings. The van der Waals surface area contributed by atoms with Gasteiger partial charge in [-0.1, -0.05) is 31.9 Å². The van der Waals surface area contributed by atoms with Crippen LogP contribution in [0.25, 0.3) is 0 Å². The van der Waals surface area contributed by atoms with E-state index in [-0.39, 0.29) is 0 Å². The number of rotatable bonds is 2. The fourth-order valence-electron chi connectivity index (χ4n) is 0.864. The summed E-state index contributed by atoms with van der Waals surface area (Å²) in [6, 6.07) is 7.76. The van der Waals surface area contributed by atoms with Gasteiger partial charge in [0.25, 0.3) is 0 Å². The van der Waals surface area contributed by atoms with Gasteiger partial charge in [0.15, 0.2) is 0 Å². The summed E-state index contributed by atoms with van der Waals surface area (Å²) in [5.41, 5.74) is 2.05. The molecule has 0 amide bonds. The molecule has 0 fully saturated rings. The monoisotopic (exact) mass is 176 g/mol. The summed E-state index contributed by atoms with van der Waals surface area (Å²) in [5.74, 6) is 2.56. The van der Waals surface area contributed by atoms with Gasteiger partial charge in [-0.2, -0.15) is 0 Å². The largest absolute Gasteiger partial charge is 0.380 e. The lowest BCUT2D eigenvalue weighted by molar-refractivity contribution is 0.185. The van der Waals surface area contributed by atoms with E-state index in [1.54, 1.807) is 7.11 Å². The van der Waals surface area contributed by atoms with Crippen molar-refractivity contribution in [2.75, 3.05) is 7.11 Å². The van der Waals surface area contributed by atoms with Crippen molar-refractivity contribution in [1.82, 2.24) is 0 Å². The minimum absolute atomic E-state index is 0.644. The highest BCUT2D eigenvalue weighted by atomic mass is 16.5. The molecule has 1 heteroatoms. The molecule has 0 aliphatic heterocycles. The zero-order valence-electron chi connectivity index (χ0n) is 8.50. The van der Waals surface area contributed by atoms with Gasteiger partial charge < -0.3 is 4.74 Å². The van der Waals surface area contributed by atoms with E-state index in [0.29, 0.717) is 6.61 Å². The van der Waals surface area contributed by atoms with Crippen LogP contribution in [-0.2, 0) is 11.3 Å². The first-order chi connectivity index (χ1) is 6.36. The molecule has 1 nitrogen and oxygen atoms in total. The Kier molecular flexibility index (Phi) is 6.68. The van der Waals surface area contributed by atoms with Crippen LogP contribution in [0.4, 0.5) is 0 Å². The fraction of sp³-hybridized carbons (Fsp3) is 0.333. The Hall–Kier alpha value is -1.26. The summed E-state index contributed by atoms with van der Waals surface area (Å²) in [7, 11) is 1.68. The topological polar surface area (TPSA) is 9.23 Å². The normalized spacial score (nSPS) is 8.15. The van der Waals surface area contributed by atoms with Gasteiger partial charge in [-0.15, -0.1) is 6.42 Å². The van der Waals surface area contributed by atoms with Crippen LogP contribution < -0.4 is 0 Å². The van der Waals surface area contributed by atoms with E-state index in [1.165, 1.54) is 0 Å². The zero-order chi connectivity index (χ0) is 10.1. The second kappa shape index (κ2) is 7.39. The third kappa shape index (κ3) is 4.35. The van der Waals surface area contributed by atoms with Gasteiger partial charge in [0.05, 0.1) is 6.61 Å². The molecule has 0 N–H and O–H groups in total. The van der Waals surface area contributed by atoms with Crippen molar-refractivity contribution in [2.24, 2.45) is 0 Å². The molecule has 0 radical (unpaired) electrons. The Bertz CT molecular complexity index is 253. The Morgan fingerprint density at radius 2 is 1.77 bits per heavy atom. The van der Waals surface area contributed by atoms with Crippen molar-refractivity contribution in [1.29, 1.82) is 0 Å². The summed E-state index contributed by atoms with van der Waals surface area (Å²) in [5, 5.41) is 0. The highest BCUT2D eigenvalue weighted by Gasteiger charge is 1.89. The first-order valence-electron chi connectivity index (χ1n) is 4.41. The molecule has 1 aromatic carbocycles. The molecule has 1 rings (SSSR count). The third-order valence-electron chi connectivity index (χ3n) is 1.43. The number of benzene rings is 1. The SMILES string of the molecule is C#Cc1ccc(COC)cc1.CC. The van der Waals surface area contributed by atoms with Gasteiger partial charge in [-0.25, -0.2) is 0 Å². The van der Waals surface area contributed by atoms with Crippen LogP contribution in [0.3, 0.4) is 0 Å². The molecule has 1 aromatic rings. The Balaban J connectivity index is 0.000000671. The average molecular weight is 176 g/mol. The second-order valence-corrected chi connectivity index (χ2v) is 2.27. The van der Waals surface area contributed by atoms with Crippen LogP contribution in [0.1, 0.15) is 25.0 Å². The van der Waals surface area contributed by atoms with Gasteiger partial charge in [-0.3, -0.25) is 0 Å². The number of ether oxygens (including phenoxy) is 1. The Morgan fingerprint density at radius 1 is 1.23 bits per heavy atom. The van der Waals surface area contributed by atoms with E-state index in [2.05, 4.69) is 5.92 Å². The summed E-state index contributed by atoms with van der Waals surface area (Å²) in [4.78, 5) is 0. The van der Waals surface area contributed by atoms with E-state index >= 15 is 0 Å². The lowest BCUT2D eigenvalue weighted by Crippen LogP contribution is -1.86. The predicted octanol–water partition coefficient (Wildman–Crippen LogP) is 2.84. The molecular formula is C12H16O. The summed E-state index contributed by atoms with van der Waals surface area (Å²) >= 11 is 0. The van der Waals surface area contributed by atoms with E-state index in [4.69, 9.17) is 11.2 Å². The number of hydrogen-bond donors (Lipinski definition) is 0. The molecule has 0 bridgehead atoms. The number of terminal acetylenes is 1. The second-order valence-electron chi connectivity index (χ2n) is 2.27. The van der Waals surface area contributed by atoms with E-state index in [1.807, 2.05) is 38.1 Å². The van der Waals surface area contributed by atoms with Crippen LogP contribution in [0.2, 0.25) is 0 Å². The predicted molar refractivity (Wildman–Crippen MR) is 56.4 cm³/mol. The maximum Gasteiger partial charge on any atom is 0.0713 e. The van der Waals surface area contributed by atoms with Crippen LogP contribution in [0.15, 0.2) is 24.3 Å². The standard InChI is InChI=1S/C10H10O.C2H6/c1-3-9-4-6-10(7-5-9)8-11-2;1-2/h1,4-7H,8H2,2H3;1-2H3. The van der Waals surface area contributed by atoms with Crippen molar-refractivity contribution >= 4 is 0 Å². The van der Waals surface area contributed by atoms with Crippen molar-refractivity contribution in [3.05, 3.63) is 35.4 Å². The average Bonchev–Trinajstić information content (AvgIpc) is 2.23. The van der Waals surface area contributed by atoms with Gasteiger partial charge in [0.2, 0.25) is 0 Å². The lowest BCUT2D eigenvalue weighted by atomic mass is 10.1. The Labute approximate surface area is 80.7 Å². The van der Waals surface area contributed by atoms with E-state index < -0.39 is 0 Å². The molecule has 13 heavy (non-hydrogen) atoms. The van der Waals surface area contributed by atoms with E-state index in [0.717, 1.165) is 11.1 Å². The molecule has 70 valence electrons. The van der Waals surface area contributed by atoms with Crippen LogP contribution in [-0.4, -0.2) is 7.11 Å². The number of hydrogen-bond acceptors (Lipinski definition) is 1. The maximum absolute atomic E-state index is 5.19. The van der Waals surface area contributed by atoms with Crippen LogP contribution in [0, 0.1) is 12.3 Å². The third-order valence-corrected chi connectivity index (χ3v) is 1.43. The van der Waals surface area contributed by atoms with Crippen molar-refractivity contribution < 1.29 is 4.74 Å². The maximum atomic E-state index is 5.19. The molecule has 0 heterocycles. The highest BCUT2D eigenvalue weighted by Crippen LogP contribution is 2.03. The molecule has 0 unspecified atom stereocenters. The van der Waals surface area contributed by atoms with Gasteiger partial charge in [0, 0.05) is 12.7 Å². The molecule has 0 aromatic heterocycles. The fourth-order valence-corrected chi connectivity index (χ4v) is 0.864. The smallest absolute Gasteiger partial charge is 0.0713 e. The van der Waals surface area contributed by atoms with E-state index in [9.17, 15) is 0 Å². The first-order valence-corrected chi connectivity index (χ1v) is 4.41. The number of methoxy groups -OCH3 is 1. The Morgan fingerprint density at radius 3 is 2.15 bits per heavy atom. The van der Waals surface area contributed by atoms with Gasteiger partial charge in [0.1, 0.15) is 0 Å². The molecule has 0 aliphatic carbocycles. The lowest BCUT2D eigenvalue weighted by Gasteiger charge is -1.97. The van der Waals surface area contributed by atoms with Crippen LogP contribution >= 0.6 is 0 Å². The van der Waals surface area contributed by atoms with Crippen molar-refractivity contribution in [2.45, 2.75) is 20.5 Å². The van der Waals surface area contributed by atoms with Crippen LogP contribution in [0.5, 0.6) is 0 Å². The van der Waals surface area contributed by atoms with Gasteiger partial charge in [-0.05, 0) is 17.7 Å². The van der Waals surface area contributed by atoms with Gasteiger partial charge >= 0.3 is 0 Å². The first kappa shape index (κ1) is 11.7. The minimum Gasteiger partial charge on any atom is -0.380 e. The molecule has 0 atom stereocenters. The molecular weight excluding hydrogens is 160 g/mol. The molecule has 0 saturated heterocycles. The summed E-state index contributed by atoms with van der Waals surface area (Å²) in [6.45, 7) is 4.64. The zero-order valence-corrected chi connectivity index (χ0v) is 8.50. The molecule has 0 spiro atoms. The molecule has 0 saturated carbocycles. The summed E-state index contributed by atoms with van der Waals surface area (Å²) in [6.07, 6.45) is 5.19. The van der Waals surface area contributed by atoms with Crippen molar-refractivity contribution in [3.8, 4) is 12.3 Å². The summed E-state index contributed by atoms with van der Waals surface area (Å²) < 4.78 is 4.95. The highest BCUT2D eigenvalue weighted by molar-refractivity contribution is 5.33. The minimum atomic E-state index is 0.644.